The Balaban J connectivity index is 2.11. The van der Waals surface area contributed by atoms with Crippen molar-refractivity contribution in [1.82, 2.24) is 5.16 Å². The maximum Gasteiger partial charge on any atom is 0.374 e. The third-order valence-electron chi connectivity index (χ3n) is 2.76. The van der Waals surface area contributed by atoms with Crippen molar-refractivity contribution in [3.05, 3.63) is 17.5 Å². The highest BCUT2D eigenvalue weighted by molar-refractivity contribution is 5.84. The Morgan fingerprint density at radius 1 is 1.43 bits per heavy atom. The van der Waals surface area contributed by atoms with Crippen molar-refractivity contribution in [3.63, 3.8) is 0 Å². The molecule has 0 amide bonds. The van der Waals surface area contributed by atoms with E-state index >= 15 is 0 Å². The van der Waals surface area contributed by atoms with Gasteiger partial charge in [0.15, 0.2) is 0 Å². The van der Waals surface area contributed by atoms with Gasteiger partial charge in [-0.2, -0.15) is 0 Å². The average molecular weight is 195 g/mol. The van der Waals surface area contributed by atoms with Crippen molar-refractivity contribution >= 4 is 5.97 Å². The Hall–Kier alpha value is -1.32. The summed E-state index contributed by atoms with van der Waals surface area (Å²) in [5, 5.41) is 12.5. The SMILES string of the molecule is O=C(O)c1cc(C2CCCCC2)no1. The predicted molar refractivity (Wildman–Crippen MR) is 49.3 cm³/mol. The highest BCUT2D eigenvalue weighted by Gasteiger charge is 2.20. The van der Waals surface area contributed by atoms with E-state index in [1.54, 1.807) is 6.07 Å². The molecular formula is C10H13NO3. The van der Waals surface area contributed by atoms with Crippen LogP contribution in [0.4, 0.5) is 0 Å². The molecule has 14 heavy (non-hydrogen) atoms. The van der Waals surface area contributed by atoms with E-state index in [0.29, 0.717) is 5.92 Å². The van der Waals surface area contributed by atoms with E-state index in [9.17, 15) is 4.79 Å². The molecule has 1 aliphatic carbocycles. The molecule has 1 aliphatic rings. The second kappa shape index (κ2) is 3.82. The Bertz CT molecular complexity index is 326. The lowest BCUT2D eigenvalue weighted by Crippen LogP contribution is -2.04. The van der Waals surface area contributed by atoms with Crippen LogP contribution in [0.5, 0.6) is 0 Å². The first-order chi connectivity index (χ1) is 6.77. The van der Waals surface area contributed by atoms with E-state index in [-0.39, 0.29) is 5.76 Å². The minimum atomic E-state index is -1.04. The summed E-state index contributed by atoms with van der Waals surface area (Å²) in [5.74, 6) is -0.689. The number of aromatic nitrogens is 1. The molecule has 76 valence electrons. The van der Waals surface area contributed by atoms with Gasteiger partial charge in [-0.3, -0.25) is 0 Å². The molecule has 4 nitrogen and oxygen atoms in total. The summed E-state index contributed by atoms with van der Waals surface area (Å²) in [6.07, 6.45) is 5.90. The van der Waals surface area contributed by atoms with Gasteiger partial charge in [-0.1, -0.05) is 24.4 Å². The molecule has 4 heteroatoms. The van der Waals surface area contributed by atoms with Crippen molar-refractivity contribution in [2.45, 2.75) is 38.0 Å². The van der Waals surface area contributed by atoms with Crippen LogP contribution in [-0.2, 0) is 0 Å². The second-order valence-corrected chi connectivity index (χ2v) is 3.76. The van der Waals surface area contributed by atoms with Gasteiger partial charge in [-0.15, -0.1) is 0 Å². The number of carbonyl (C=O) groups is 1. The number of aromatic carboxylic acids is 1. The van der Waals surface area contributed by atoms with Gasteiger partial charge in [0.2, 0.25) is 5.76 Å². The molecule has 0 atom stereocenters. The van der Waals surface area contributed by atoms with E-state index in [4.69, 9.17) is 9.63 Å². The molecule has 1 aromatic heterocycles. The van der Waals surface area contributed by atoms with Gasteiger partial charge >= 0.3 is 5.97 Å². The van der Waals surface area contributed by atoms with Crippen LogP contribution < -0.4 is 0 Å². The zero-order valence-corrected chi connectivity index (χ0v) is 7.90. The fourth-order valence-electron chi connectivity index (χ4n) is 1.98. The molecule has 0 bridgehead atoms. The lowest BCUT2D eigenvalue weighted by molar-refractivity contribution is 0.0652. The largest absolute Gasteiger partial charge is 0.475 e. The van der Waals surface area contributed by atoms with Crippen molar-refractivity contribution in [2.24, 2.45) is 0 Å². The zero-order valence-electron chi connectivity index (χ0n) is 7.90. The standard InChI is InChI=1S/C10H13NO3/c12-10(13)9-6-8(11-14-9)7-4-2-1-3-5-7/h6-7H,1-5H2,(H,12,13). The minimum Gasteiger partial charge on any atom is -0.475 e. The third-order valence-corrected chi connectivity index (χ3v) is 2.76. The predicted octanol–water partition coefficient (Wildman–Crippen LogP) is 2.42. The van der Waals surface area contributed by atoms with E-state index < -0.39 is 5.97 Å². The second-order valence-electron chi connectivity index (χ2n) is 3.76. The van der Waals surface area contributed by atoms with Crippen molar-refractivity contribution in [2.75, 3.05) is 0 Å². The van der Waals surface area contributed by atoms with Gasteiger partial charge in [0.25, 0.3) is 0 Å². The Labute approximate surface area is 81.9 Å². The maximum absolute atomic E-state index is 10.6. The number of carboxylic acids is 1. The molecule has 0 radical (unpaired) electrons. The number of hydrogen-bond donors (Lipinski definition) is 1. The number of carboxylic acid groups (broad SMARTS) is 1. The summed E-state index contributed by atoms with van der Waals surface area (Å²) in [5.41, 5.74) is 0.808. The molecule has 0 aromatic carbocycles. The molecule has 0 aliphatic heterocycles. The van der Waals surface area contributed by atoms with Crippen LogP contribution in [0.25, 0.3) is 0 Å². The zero-order chi connectivity index (χ0) is 9.97. The molecule has 1 N–H and O–H groups in total. The lowest BCUT2D eigenvalue weighted by atomic mass is 9.87. The van der Waals surface area contributed by atoms with E-state index in [0.717, 1.165) is 18.5 Å². The van der Waals surface area contributed by atoms with E-state index in [1.165, 1.54) is 19.3 Å². The first-order valence-electron chi connectivity index (χ1n) is 4.97. The average Bonchev–Trinajstić information content (AvgIpc) is 2.68. The van der Waals surface area contributed by atoms with E-state index in [2.05, 4.69) is 5.16 Å². The topological polar surface area (TPSA) is 63.3 Å². The van der Waals surface area contributed by atoms with Crippen LogP contribution in [0.1, 0.15) is 54.3 Å². The quantitative estimate of drug-likeness (QED) is 0.787. The highest BCUT2D eigenvalue weighted by atomic mass is 16.5. The van der Waals surface area contributed by atoms with Crippen LogP contribution in [0.3, 0.4) is 0 Å². The van der Waals surface area contributed by atoms with Gasteiger partial charge in [0, 0.05) is 12.0 Å². The molecule has 1 saturated carbocycles. The molecule has 0 saturated heterocycles. The van der Waals surface area contributed by atoms with Gasteiger partial charge in [0.1, 0.15) is 0 Å². The fraction of sp³-hybridized carbons (Fsp3) is 0.600. The summed E-state index contributed by atoms with van der Waals surface area (Å²) in [6.45, 7) is 0. The fourth-order valence-corrected chi connectivity index (χ4v) is 1.98. The van der Waals surface area contributed by atoms with Crippen LogP contribution >= 0.6 is 0 Å². The summed E-state index contributed by atoms with van der Waals surface area (Å²) >= 11 is 0. The van der Waals surface area contributed by atoms with Gasteiger partial charge in [-0.05, 0) is 12.8 Å². The number of hydrogen-bond acceptors (Lipinski definition) is 3. The minimum absolute atomic E-state index is 0.0504. The van der Waals surface area contributed by atoms with Gasteiger partial charge < -0.3 is 9.63 Å². The molecule has 1 heterocycles. The third kappa shape index (κ3) is 1.78. The molecule has 0 unspecified atom stereocenters. The van der Waals surface area contributed by atoms with Crippen LogP contribution in [-0.4, -0.2) is 16.2 Å². The lowest BCUT2D eigenvalue weighted by Gasteiger charge is -2.18. The van der Waals surface area contributed by atoms with Crippen LogP contribution in [0.15, 0.2) is 10.6 Å². The molecular weight excluding hydrogens is 182 g/mol. The van der Waals surface area contributed by atoms with Gasteiger partial charge in [-0.25, -0.2) is 4.79 Å². The molecule has 1 aromatic rings. The van der Waals surface area contributed by atoms with Crippen molar-refractivity contribution in [3.8, 4) is 0 Å². The summed E-state index contributed by atoms with van der Waals surface area (Å²) in [6, 6.07) is 1.55. The van der Waals surface area contributed by atoms with Crippen molar-refractivity contribution in [1.29, 1.82) is 0 Å². The summed E-state index contributed by atoms with van der Waals surface area (Å²) in [7, 11) is 0. The first kappa shape index (κ1) is 9.24. The normalized spacial score (nSPS) is 18.3. The maximum atomic E-state index is 10.6. The van der Waals surface area contributed by atoms with E-state index in [1.807, 2.05) is 0 Å². The molecule has 1 fully saturated rings. The number of nitrogens with zero attached hydrogens (tertiary/aromatic N) is 1. The highest BCUT2D eigenvalue weighted by Crippen LogP contribution is 2.31. The molecule has 0 spiro atoms. The van der Waals surface area contributed by atoms with Crippen LogP contribution in [0.2, 0.25) is 0 Å². The monoisotopic (exact) mass is 195 g/mol. The Morgan fingerprint density at radius 2 is 2.14 bits per heavy atom. The van der Waals surface area contributed by atoms with Crippen LogP contribution in [0, 0.1) is 0 Å². The van der Waals surface area contributed by atoms with Gasteiger partial charge in [0.05, 0.1) is 5.69 Å². The first-order valence-corrected chi connectivity index (χ1v) is 4.97. The Kier molecular flexibility index (Phi) is 2.52. The summed E-state index contributed by atoms with van der Waals surface area (Å²) in [4.78, 5) is 10.6. The summed E-state index contributed by atoms with van der Waals surface area (Å²) < 4.78 is 4.73. The number of rotatable bonds is 2. The smallest absolute Gasteiger partial charge is 0.374 e. The Morgan fingerprint density at radius 3 is 2.71 bits per heavy atom. The van der Waals surface area contributed by atoms with Crippen molar-refractivity contribution < 1.29 is 14.4 Å². The molecule has 2 rings (SSSR count).